The van der Waals surface area contributed by atoms with Crippen molar-refractivity contribution in [3.05, 3.63) is 81.9 Å². The summed E-state index contributed by atoms with van der Waals surface area (Å²) in [5, 5.41) is 4.31. The Morgan fingerprint density at radius 3 is 2.56 bits per heavy atom. The van der Waals surface area contributed by atoms with Crippen molar-refractivity contribution < 1.29 is 8.78 Å². The van der Waals surface area contributed by atoms with Gasteiger partial charge < -0.3 is 10.3 Å². The Kier molecular flexibility index (Phi) is 3.80. The van der Waals surface area contributed by atoms with Crippen LogP contribution in [0.4, 0.5) is 14.5 Å². The highest BCUT2D eigenvalue weighted by molar-refractivity contribution is 5.81. The molecule has 7 heteroatoms. The van der Waals surface area contributed by atoms with Gasteiger partial charge in [-0.2, -0.15) is 9.61 Å². The highest BCUT2D eigenvalue weighted by atomic mass is 19.1. The predicted octanol–water partition coefficient (Wildman–Crippen LogP) is 3.63. The Morgan fingerprint density at radius 1 is 1.07 bits per heavy atom. The zero-order valence-corrected chi connectivity index (χ0v) is 14.7. The second kappa shape index (κ2) is 6.05. The number of fused-ring (bicyclic) bond motifs is 1. The van der Waals surface area contributed by atoms with E-state index in [1.807, 2.05) is 6.07 Å². The lowest BCUT2D eigenvalue weighted by Gasteiger charge is -2.13. The van der Waals surface area contributed by atoms with Gasteiger partial charge in [0.25, 0.3) is 5.56 Å². The number of nitrogen functional groups attached to an aromatic ring is 1. The fourth-order valence-corrected chi connectivity index (χ4v) is 3.24. The zero-order chi connectivity index (χ0) is 19.3. The Bertz CT molecular complexity index is 1260. The molecule has 4 rings (SSSR count). The molecule has 0 aliphatic carbocycles. The van der Waals surface area contributed by atoms with Crippen LogP contribution in [0.25, 0.3) is 22.5 Å². The molecule has 2 heterocycles. The molecule has 0 unspecified atom stereocenters. The second-order valence-corrected chi connectivity index (χ2v) is 6.40. The molecule has 0 spiro atoms. The van der Waals surface area contributed by atoms with Crippen molar-refractivity contribution in [3.63, 3.8) is 0 Å². The van der Waals surface area contributed by atoms with Crippen LogP contribution in [0.1, 0.15) is 11.3 Å². The van der Waals surface area contributed by atoms with E-state index in [4.69, 9.17) is 5.73 Å². The van der Waals surface area contributed by atoms with Crippen LogP contribution in [0.15, 0.2) is 53.5 Å². The first-order chi connectivity index (χ1) is 12.9. The normalized spacial score (nSPS) is 11.3. The molecule has 136 valence electrons. The van der Waals surface area contributed by atoms with Crippen molar-refractivity contribution in [2.75, 3.05) is 5.73 Å². The Morgan fingerprint density at radius 2 is 1.85 bits per heavy atom. The second-order valence-electron chi connectivity index (χ2n) is 6.40. The molecule has 0 saturated carbocycles. The molecule has 0 bridgehead atoms. The molecule has 2 aromatic heterocycles. The Labute approximate surface area is 153 Å². The van der Waals surface area contributed by atoms with E-state index in [-0.39, 0.29) is 11.1 Å². The lowest BCUT2D eigenvalue weighted by molar-refractivity contribution is 0.585. The van der Waals surface area contributed by atoms with Gasteiger partial charge in [0, 0.05) is 34.8 Å². The number of aryl methyl sites for hydroxylation is 2. The third kappa shape index (κ3) is 2.68. The zero-order valence-electron chi connectivity index (χ0n) is 14.7. The molecule has 0 aliphatic heterocycles. The quantitative estimate of drug-likeness (QED) is 0.551. The number of nitrogens with zero attached hydrogens (tertiary/aromatic N) is 3. The summed E-state index contributed by atoms with van der Waals surface area (Å²) in [6.45, 7) is 3.36. The molecule has 2 aromatic carbocycles. The van der Waals surface area contributed by atoms with Gasteiger partial charge in [0.15, 0.2) is 5.65 Å². The number of benzene rings is 2. The van der Waals surface area contributed by atoms with Crippen LogP contribution in [0.5, 0.6) is 0 Å². The van der Waals surface area contributed by atoms with Gasteiger partial charge in [-0.15, -0.1) is 0 Å². The average Bonchev–Trinajstić information content (AvgIpc) is 2.95. The Hall–Kier alpha value is -3.48. The predicted molar refractivity (Wildman–Crippen MR) is 100 cm³/mol. The minimum Gasteiger partial charge on any atom is -0.399 e. The van der Waals surface area contributed by atoms with E-state index in [0.29, 0.717) is 33.8 Å². The molecule has 0 amide bonds. The lowest BCUT2D eigenvalue weighted by Crippen LogP contribution is -2.20. The van der Waals surface area contributed by atoms with Crippen molar-refractivity contribution in [2.45, 2.75) is 13.8 Å². The van der Waals surface area contributed by atoms with Crippen LogP contribution >= 0.6 is 0 Å². The molecule has 0 radical (unpaired) electrons. The van der Waals surface area contributed by atoms with Gasteiger partial charge in [-0.25, -0.2) is 8.78 Å². The van der Waals surface area contributed by atoms with Crippen molar-refractivity contribution in [3.8, 4) is 16.8 Å². The minimum absolute atomic E-state index is 0.171. The van der Waals surface area contributed by atoms with Gasteiger partial charge >= 0.3 is 0 Å². The number of hydrogen-bond acceptors (Lipinski definition) is 3. The Balaban J connectivity index is 2.16. The molecule has 0 aliphatic rings. The number of hydrogen-bond donors (Lipinski definition) is 1. The van der Waals surface area contributed by atoms with E-state index in [9.17, 15) is 13.6 Å². The molecule has 5 nitrogen and oxygen atoms in total. The summed E-state index contributed by atoms with van der Waals surface area (Å²) < 4.78 is 30.9. The first-order valence-corrected chi connectivity index (χ1v) is 8.30. The molecular weight excluding hydrogens is 350 g/mol. The van der Waals surface area contributed by atoms with Gasteiger partial charge in [0.05, 0.1) is 11.3 Å². The van der Waals surface area contributed by atoms with Crippen molar-refractivity contribution in [1.82, 2.24) is 14.2 Å². The monoisotopic (exact) mass is 366 g/mol. The van der Waals surface area contributed by atoms with Crippen molar-refractivity contribution in [1.29, 1.82) is 0 Å². The first kappa shape index (κ1) is 17.0. The van der Waals surface area contributed by atoms with Crippen LogP contribution in [0.3, 0.4) is 0 Å². The molecule has 2 N–H and O–H groups in total. The standard InChI is InChI=1S/C20H16F2N4O/c1-11-10-25(15-5-3-4-14(23)9-15)19-18(12(2)24-26(19)20(11)27)16-7-6-13(21)8-17(16)22/h3-10H,23H2,1-2H3. The lowest BCUT2D eigenvalue weighted by atomic mass is 10.1. The molecule has 0 saturated heterocycles. The van der Waals surface area contributed by atoms with Gasteiger partial charge in [-0.05, 0) is 44.2 Å². The summed E-state index contributed by atoms with van der Waals surface area (Å²) in [6, 6.07) is 10.5. The van der Waals surface area contributed by atoms with Gasteiger partial charge in [0.2, 0.25) is 0 Å². The highest BCUT2D eigenvalue weighted by Gasteiger charge is 2.21. The summed E-state index contributed by atoms with van der Waals surface area (Å²) in [5.74, 6) is -1.39. The van der Waals surface area contributed by atoms with E-state index >= 15 is 0 Å². The number of nitrogens with two attached hydrogens (primary N) is 1. The molecule has 0 fully saturated rings. The summed E-state index contributed by atoms with van der Waals surface area (Å²) in [6.07, 6.45) is 1.67. The van der Waals surface area contributed by atoms with Crippen LogP contribution in [0.2, 0.25) is 0 Å². The topological polar surface area (TPSA) is 65.3 Å². The first-order valence-electron chi connectivity index (χ1n) is 8.30. The summed E-state index contributed by atoms with van der Waals surface area (Å²) in [7, 11) is 0. The minimum atomic E-state index is -0.722. The van der Waals surface area contributed by atoms with Gasteiger partial charge in [-0.1, -0.05) is 6.07 Å². The third-order valence-electron chi connectivity index (χ3n) is 4.47. The fourth-order valence-electron chi connectivity index (χ4n) is 3.24. The highest BCUT2D eigenvalue weighted by Crippen LogP contribution is 2.31. The fraction of sp³-hybridized carbons (Fsp3) is 0.100. The average molecular weight is 366 g/mol. The maximum absolute atomic E-state index is 14.5. The molecule has 4 aromatic rings. The number of rotatable bonds is 2. The maximum Gasteiger partial charge on any atom is 0.277 e. The van der Waals surface area contributed by atoms with Gasteiger partial charge in [-0.3, -0.25) is 4.79 Å². The van der Waals surface area contributed by atoms with Crippen molar-refractivity contribution >= 4 is 11.3 Å². The molecule has 27 heavy (non-hydrogen) atoms. The van der Waals surface area contributed by atoms with E-state index in [2.05, 4.69) is 5.10 Å². The van der Waals surface area contributed by atoms with Crippen LogP contribution in [-0.2, 0) is 0 Å². The third-order valence-corrected chi connectivity index (χ3v) is 4.47. The van der Waals surface area contributed by atoms with E-state index in [0.717, 1.165) is 6.07 Å². The summed E-state index contributed by atoms with van der Waals surface area (Å²) in [5.41, 5.74) is 8.76. The molecule has 0 atom stereocenters. The number of aromatic nitrogens is 3. The SMILES string of the molecule is Cc1nn2c(=O)c(C)cn(-c3cccc(N)c3)c2c1-c1ccc(F)cc1F. The van der Waals surface area contributed by atoms with Crippen LogP contribution in [-0.4, -0.2) is 14.2 Å². The van der Waals surface area contributed by atoms with E-state index < -0.39 is 11.6 Å². The summed E-state index contributed by atoms with van der Waals surface area (Å²) in [4.78, 5) is 12.6. The van der Waals surface area contributed by atoms with Crippen LogP contribution in [0, 0.1) is 25.5 Å². The number of halogens is 2. The smallest absolute Gasteiger partial charge is 0.277 e. The van der Waals surface area contributed by atoms with E-state index in [1.165, 1.54) is 16.6 Å². The largest absolute Gasteiger partial charge is 0.399 e. The van der Waals surface area contributed by atoms with Gasteiger partial charge in [0.1, 0.15) is 11.6 Å². The van der Waals surface area contributed by atoms with Crippen LogP contribution < -0.4 is 11.3 Å². The number of anilines is 1. The summed E-state index contributed by atoms with van der Waals surface area (Å²) >= 11 is 0. The molecular formula is C20H16F2N4O. The van der Waals surface area contributed by atoms with E-state index in [1.54, 1.807) is 42.8 Å². The van der Waals surface area contributed by atoms with Crippen molar-refractivity contribution in [2.24, 2.45) is 0 Å². The maximum atomic E-state index is 14.5.